The number of nitro benzene ring substituents is 1. The maximum atomic E-state index is 14.6. The van der Waals surface area contributed by atoms with Gasteiger partial charge in [0.25, 0.3) is 5.69 Å². The highest BCUT2D eigenvalue weighted by molar-refractivity contribution is 5.82. The van der Waals surface area contributed by atoms with Gasteiger partial charge < -0.3 is 19.5 Å². The number of nitrogens with zero attached hydrogens (tertiary/aromatic N) is 5. The first kappa shape index (κ1) is 34.7. The Bertz CT molecular complexity index is 1360. The third-order valence-electron chi connectivity index (χ3n) is 6.91. The molecule has 242 valence electrons. The summed E-state index contributed by atoms with van der Waals surface area (Å²) in [6.45, 7) is 0.0893. The first-order valence-corrected chi connectivity index (χ1v) is 14.4. The van der Waals surface area contributed by atoms with Crippen LogP contribution in [0.2, 0.25) is 0 Å². The fourth-order valence-electron chi connectivity index (χ4n) is 4.54. The molecule has 0 saturated carbocycles. The second-order valence-corrected chi connectivity index (χ2v) is 10.1. The molecule has 2 aromatic carbocycles. The number of hydrogen-bond donors (Lipinski definition) is 2. The molecule has 1 aliphatic heterocycles. The van der Waals surface area contributed by atoms with Crippen molar-refractivity contribution in [2.75, 3.05) is 20.3 Å². The van der Waals surface area contributed by atoms with Crippen molar-refractivity contribution in [1.82, 2.24) is 10.3 Å². The van der Waals surface area contributed by atoms with Gasteiger partial charge in [0, 0.05) is 44.1 Å². The second-order valence-electron chi connectivity index (χ2n) is 10.1. The maximum absolute atomic E-state index is 14.6. The highest BCUT2D eigenvalue weighted by Crippen LogP contribution is 2.33. The molecule has 3 rings (SSSR count). The summed E-state index contributed by atoms with van der Waals surface area (Å²) in [6, 6.07) is 11.7. The summed E-state index contributed by atoms with van der Waals surface area (Å²) >= 11 is 0. The van der Waals surface area contributed by atoms with Crippen molar-refractivity contribution in [2.24, 2.45) is 15.3 Å². The number of aliphatic hydroxyl groups excluding tert-OH is 1. The van der Waals surface area contributed by atoms with Crippen LogP contribution in [-0.4, -0.2) is 65.3 Å². The Morgan fingerprint density at radius 1 is 1.18 bits per heavy atom. The smallest absolute Gasteiger partial charge is 0.411 e. The topological polar surface area (TPSA) is 168 Å². The summed E-state index contributed by atoms with van der Waals surface area (Å²) in [5.41, 5.74) is 2.10. The quantitative estimate of drug-likeness (QED) is 0.0274. The van der Waals surface area contributed by atoms with Gasteiger partial charge in [-0.3, -0.25) is 20.3 Å². The summed E-state index contributed by atoms with van der Waals surface area (Å²) in [6.07, 6.45) is 3.71. The Morgan fingerprint density at radius 2 is 1.89 bits per heavy atom. The van der Waals surface area contributed by atoms with Gasteiger partial charge >= 0.3 is 12.1 Å². The van der Waals surface area contributed by atoms with Gasteiger partial charge in [0.15, 0.2) is 12.6 Å². The molecule has 2 atom stereocenters. The molecule has 0 bridgehead atoms. The zero-order valence-electron chi connectivity index (χ0n) is 24.8. The predicted molar refractivity (Wildman–Crippen MR) is 160 cm³/mol. The number of aliphatic hydroxyl groups is 1. The molecule has 15 heteroatoms. The van der Waals surface area contributed by atoms with Gasteiger partial charge in [0.1, 0.15) is 11.9 Å². The Balaban J connectivity index is 1.40. The molecule has 2 aromatic rings. The van der Waals surface area contributed by atoms with Crippen molar-refractivity contribution in [3.05, 3.63) is 82.4 Å². The molecule has 0 spiro atoms. The second kappa shape index (κ2) is 17.5. The molecule has 1 heterocycles. The van der Waals surface area contributed by atoms with Crippen LogP contribution < -0.4 is 10.2 Å². The summed E-state index contributed by atoms with van der Waals surface area (Å²) < 4.78 is 39.1. The fraction of sp³-hybridized carbons (Fsp3) is 0.433. The molecular formula is C30H36F2N6O7. The number of benzene rings is 2. The van der Waals surface area contributed by atoms with Crippen LogP contribution >= 0.6 is 0 Å². The number of alkyl halides is 2. The number of ether oxygens (including phenoxy) is 2. The number of halogens is 2. The van der Waals surface area contributed by atoms with Crippen LogP contribution in [0.3, 0.4) is 0 Å². The normalized spacial score (nSPS) is 16.4. The number of amidine groups is 1. The Labute approximate surface area is 258 Å². The molecule has 1 fully saturated rings. The van der Waals surface area contributed by atoms with E-state index in [1.807, 2.05) is 0 Å². The number of non-ortho nitro benzene ring substituents is 1. The molecule has 0 aliphatic carbocycles. The van der Waals surface area contributed by atoms with Crippen LogP contribution in [0.5, 0.6) is 5.75 Å². The first-order valence-electron chi connectivity index (χ1n) is 14.4. The Morgan fingerprint density at radius 3 is 2.58 bits per heavy atom. The van der Waals surface area contributed by atoms with Gasteiger partial charge in [-0.1, -0.05) is 60.5 Å². The van der Waals surface area contributed by atoms with Crippen LogP contribution in [-0.2, 0) is 15.5 Å². The molecule has 2 N–H and O–H groups in total. The van der Waals surface area contributed by atoms with Gasteiger partial charge in [0.05, 0.1) is 11.0 Å². The number of likely N-dealkylation sites (tertiary alicyclic amines) is 1. The number of carbonyl (C=O) groups excluding carboxylic acids is 2. The molecule has 1 saturated heterocycles. The number of nitro groups is 1. The predicted octanol–water partition coefficient (Wildman–Crippen LogP) is 5.70. The lowest BCUT2D eigenvalue weighted by Gasteiger charge is -2.24. The number of hydrogen-bond acceptors (Lipinski definition) is 9. The number of aliphatic imine (C=N–C) groups is 1. The van der Waals surface area contributed by atoms with Crippen LogP contribution in [0, 0.1) is 10.1 Å². The minimum absolute atomic E-state index is 0.0528. The van der Waals surface area contributed by atoms with Crippen molar-refractivity contribution in [3.63, 3.8) is 0 Å². The van der Waals surface area contributed by atoms with Gasteiger partial charge in [-0.25, -0.2) is 9.79 Å². The van der Waals surface area contributed by atoms with E-state index < -0.39 is 23.1 Å². The summed E-state index contributed by atoms with van der Waals surface area (Å²) in [4.78, 5) is 40.2. The lowest BCUT2D eigenvalue weighted by molar-refractivity contribution is -0.384. The van der Waals surface area contributed by atoms with Gasteiger partial charge in [0.2, 0.25) is 5.91 Å². The Hall–Kier alpha value is -4.79. The lowest BCUT2D eigenvalue weighted by Crippen LogP contribution is -2.34. The molecule has 1 aliphatic rings. The molecule has 13 nitrogen and oxygen atoms in total. The van der Waals surface area contributed by atoms with E-state index in [4.69, 9.17) is 9.47 Å². The van der Waals surface area contributed by atoms with E-state index in [-0.39, 0.29) is 35.7 Å². The van der Waals surface area contributed by atoms with E-state index in [0.29, 0.717) is 44.5 Å². The standard InChI is InChI=1S/C30H36F2N6O7/c1-33-36-35-27(34-21-44-29(41)45-25-16-12-24(13-17-25)38(42)43)11-7-2-3-8-20-37-23(15-19-28(37)40)14-18-26(39)30(31,32)22-9-5-4-6-10-22/h4-6,9-10,12-14,16-18,23,26,39H,2-3,7-8,11,15,19-21H2,1H3,(H,33,34,35)/b18-14+/t23-,26+/m0/s1. The SMILES string of the molecule is CN/N=N\C(CCCCCCN1C(=O)CC[C@@H]1/C=C/[C@@H](O)C(F)(F)c1ccccc1)=N\COC(=O)Oc1ccc([N+](=O)[O-])cc1. The fourth-order valence-corrected chi connectivity index (χ4v) is 4.54. The van der Waals surface area contributed by atoms with Crippen molar-refractivity contribution < 1.29 is 37.9 Å². The van der Waals surface area contributed by atoms with Crippen molar-refractivity contribution in [3.8, 4) is 5.75 Å². The lowest BCUT2D eigenvalue weighted by atomic mass is 10.0. The van der Waals surface area contributed by atoms with Crippen molar-refractivity contribution >= 4 is 23.6 Å². The third kappa shape index (κ3) is 11.0. The molecule has 0 radical (unpaired) electrons. The number of amides is 1. The monoisotopic (exact) mass is 630 g/mol. The van der Waals surface area contributed by atoms with E-state index >= 15 is 0 Å². The van der Waals surface area contributed by atoms with Crippen LogP contribution in [0.4, 0.5) is 19.3 Å². The zero-order valence-corrected chi connectivity index (χ0v) is 24.8. The first-order chi connectivity index (χ1) is 21.6. The van der Waals surface area contributed by atoms with Crippen LogP contribution in [0.1, 0.15) is 50.5 Å². The summed E-state index contributed by atoms with van der Waals surface area (Å²) in [7, 11) is 1.57. The average molecular weight is 631 g/mol. The number of rotatable bonds is 16. The maximum Gasteiger partial charge on any atom is 0.515 e. The molecular weight excluding hydrogens is 594 g/mol. The average Bonchev–Trinajstić information content (AvgIpc) is 3.38. The van der Waals surface area contributed by atoms with Gasteiger partial charge in [-0.05, 0) is 31.4 Å². The number of carbonyl (C=O) groups is 2. The zero-order chi connectivity index (χ0) is 32.7. The molecule has 45 heavy (non-hydrogen) atoms. The Kier molecular flexibility index (Phi) is 13.5. The van der Waals surface area contributed by atoms with Crippen molar-refractivity contribution in [2.45, 2.75) is 63.0 Å². The molecule has 0 aromatic heterocycles. The van der Waals surface area contributed by atoms with E-state index in [1.54, 1.807) is 18.0 Å². The van der Waals surface area contributed by atoms with Crippen LogP contribution in [0.25, 0.3) is 0 Å². The third-order valence-corrected chi connectivity index (χ3v) is 6.91. The highest BCUT2D eigenvalue weighted by Gasteiger charge is 2.39. The molecule has 1 amide bonds. The summed E-state index contributed by atoms with van der Waals surface area (Å²) in [5, 5.41) is 28.5. The molecule has 0 unspecified atom stereocenters. The number of unbranched alkanes of at least 4 members (excludes halogenated alkanes) is 3. The van der Waals surface area contributed by atoms with Gasteiger partial charge in [-0.2, -0.15) is 8.78 Å². The minimum Gasteiger partial charge on any atom is -0.411 e. The van der Waals surface area contributed by atoms with E-state index in [1.165, 1.54) is 54.6 Å². The number of nitrogens with one attached hydrogen (secondary N) is 1. The van der Waals surface area contributed by atoms with Crippen molar-refractivity contribution in [1.29, 1.82) is 0 Å². The minimum atomic E-state index is -3.45. The van der Waals surface area contributed by atoms with Crippen LogP contribution in [0.15, 0.2) is 82.1 Å². The van der Waals surface area contributed by atoms with Gasteiger partial charge in [-0.15, -0.1) is 5.11 Å². The van der Waals surface area contributed by atoms with E-state index in [2.05, 4.69) is 20.8 Å². The summed E-state index contributed by atoms with van der Waals surface area (Å²) in [5.74, 6) is -3.10. The van der Waals surface area contributed by atoms with E-state index in [0.717, 1.165) is 18.9 Å². The highest BCUT2D eigenvalue weighted by atomic mass is 19.3. The van der Waals surface area contributed by atoms with E-state index in [9.17, 15) is 33.6 Å². The largest absolute Gasteiger partial charge is 0.515 e.